The number of aromatic nitrogens is 2. The summed E-state index contributed by atoms with van der Waals surface area (Å²) >= 11 is 0. The minimum atomic E-state index is 0.161. The SMILES string of the molecule is CC(C)c1nn(C)c(C(C)(C)C)c1C(C)C. The third kappa shape index (κ3) is 2.31. The van der Waals surface area contributed by atoms with Crippen LogP contribution >= 0.6 is 0 Å². The van der Waals surface area contributed by atoms with Gasteiger partial charge in [-0.2, -0.15) is 5.10 Å². The molecule has 1 aromatic rings. The molecule has 0 N–H and O–H groups in total. The number of aryl methyl sites for hydroxylation is 1. The van der Waals surface area contributed by atoms with E-state index in [1.807, 2.05) is 0 Å². The van der Waals surface area contributed by atoms with E-state index in [0.717, 1.165) is 0 Å². The highest BCUT2D eigenvalue weighted by Crippen LogP contribution is 2.35. The Kier molecular flexibility index (Phi) is 3.51. The van der Waals surface area contributed by atoms with Gasteiger partial charge in [0.1, 0.15) is 0 Å². The van der Waals surface area contributed by atoms with Crippen molar-refractivity contribution in [3.63, 3.8) is 0 Å². The molecule has 0 saturated carbocycles. The summed E-state index contributed by atoms with van der Waals surface area (Å²) in [6, 6.07) is 0. The Labute approximate surface area is 100 Å². The van der Waals surface area contributed by atoms with Gasteiger partial charge in [-0.25, -0.2) is 0 Å². The zero-order valence-electron chi connectivity index (χ0n) is 12.0. The summed E-state index contributed by atoms with van der Waals surface area (Å²) in [5, 5.41) is 4.71. The van der Waals surface area contributed by atoms with Crippen LogP contribution in [0.25, 0.3) is 0 Å². The van der Waals surface area contributed by atoms with Crippen LogP contribution < -0.4 is 0 Å². The molecule has 0 fully saturated rings. The average molecular weight is 222 g/mol. The van der Waals surface area contributed by atoms with E-state index < -0.39 is 0 Å². The molecular weight excluding hydrogens is 196 g/mol. The van der Waals surface area contributed by atoms with Crippen molar-refractivity contribution >= 4 is 0 Å². The van der Waals surface area contributed by atoms with Crippen molar-refractivity contribution < 1.29 is 0 Å². The molecule has 2 heteroatoms. The van der Waals surface area contributed by atoms with Gasteiger partial charge in [-0.05, 0) is 17.4 Å². The molecule has 1 rings (SSSR count). The summed E-state index contributed by atoms with van der Waals surface area (Å²) < 4.78 is 2.07. The molecule has 0 unspecified atom stereocenters. The highest BCUT2D eigenvalue weighted by atomic mass is 15.3. The lowest BCUT2D eigenvalue weighted by atomic mass is 9.83. The fraction of sp³-hybridized carbons (Fsp3) is 0.786. The number of rotatable bonds is 2. The van der Waals surface area contributed by atoms with Crippen LogP contribution in [-0.2, 0) is 12.5 Å². The van der Waals surface area contributed by atoms with Gasteiger partial charge in [-0.1, -0.05) is 48.5 Å². The Morgan fingerprint density at radius 1 is 1.00 bits per heavy atom. The maximum atomic E-state index is 4.71. The fourth-order valence-electron chi connectivity index (χ4n) is 2.45. The molecule has 92 valence electrons. The number of hydrogen-bond donors (Lipinski definition) is 0. The smallest absolute Gasteiger partial charge is 0.0687 e. The van der Waals surface area contributed by atoms with Crippen molar-refractivity contribution in [1.82, 2.24) is 9.78 Å². The molecule has 0 aromatic carbocycles. The van der Waals surface area contributed by atoms with E-state index in [0.29, 0.717) is 11.8 Å². The molecule has 0 bridgehead atoms. The van der Waals surface area contributed by atoms with Gasteiger partial charge in [-0.3, -0.25) is 4.68 Å². The molecule has 16 heavy (non-hydrogen) atoms. The van der Waals surface area contributed by atoms with Crippen LogP contribution in [0, 0.1) is 0 Å². The molecule has 0 radical (unpaired) electrons. The molecular formula is C14H26N2. The maximum absolute atomic E-state index is 4.71. The van der Waals surface area contributed by atoms with Gasteiger partial charge in [0.2, 0.25) is 0 Å². The second kappa shape index (κ2) is 4.23. The third-order valence-corrected chi connectivity index (χ3v) is 2.95. The van der Waals surface area contributed by atoms with Crippen molar-refractivity contribution in [2.45, 2.75) is 65.7 Å². The first-order valence-electron chi connectivity index (χ1n) is 6.23. The molecule has 2 nitrogen and oxygen atoms in total. The molecule has 0 saturated heterocycles. The minimum absolute atomic E-state index is 0.161. The van der Waals surface area contributed by atoms with Crippen LogP contribution in [0.3, 0.4) is 0 Å². The minimum Gasteiger partial charge on any atom is -0.272 e. The average Bonchev–Trinajstić information content (AvgIpc) is 2.41. The zero-order chi connectivity index (χ0) is 12.7. The van der Waals surface area contributed by atoms with Gasteiger partial charge in [-0.15, -0.1) is 0 Å². The summed E-state index contributed by atoms with van der Waals surface area (Å²) in [5.74, 6) is 1.04. The van der Waals surface area contributed by atoms with Gasteiger partial charge in [0, 0.05) is 18.2 Å². The molecule has 1 aromatic heterocycles. The summed E-state index contributed by atoms with van der Waals surface area (Å²) in [4.78, 5) is 0. The van der Waals surface area contributed by atoms with E-state index in [-0.39, 0.29) is 5.41 Å². The standard InChI is InChI=1S/C14H26N2/c1-9(2)11-12(10(3)4)15-16(8)13(11)14(5,6)7/h9-10H,1-8H3. The molecule has 1 heterocycles. The quantitative estimate of drug-likeness (QED) is 0.740. The Morgan fingerprint density at radius 3 is 1.81 bits per heavy atom. The summed E-state index contributed by atoms with van der Waals surface area (Å²) in [6.45, 7) is 15.8. The molecule has 0 aliphatic rings. The molecule has 0 atom stereocenters. The zero-order valence-corrected chi connectivity index (χ0v) is 12.0. The van der Waals surface area contributed by atoms with Crippen molar-refractivity contribution in [3.8, 4) is 0 Å². The Morgan fingerprint density at radius 2 is 1.50 bits per heavy atom. The van der Waals surface area contributed by atoms with E-state index in [9.17, 15) is 0 Å². The van der Waals surface area contributed by atoms with Gasteiger partial charge in [0.25, 0.3) is 0 Å². The number of hydrogen-bond acceptors (Lipinski definition) is 1. The first-order chi connectivity index (χ1) is 7.16. The lowest BCUT2D eigenvalue weighted by Gasteiger charge is -2.23. The van der Waals surface area contributed by atoms with Crippen molar-refractivity contribution in [2.24, 2.45) is 7.05 Å². The summed E-state index contributed by atoms with van der Waals surface area (Å²) in [6.07, 6.45) is 0. The van der Waals surface area contributed by atoms with Gasteiger partial charge < -0.3 is 0 Å². The number of nitrogens with zero attached hydrogens (tertiary/aromatic N) is 2. The van der Waals surface area contributed by atoms with Gasteiger partial charge in [0.05, 0.1) is 5.69 Å². The maximum Gasteiger partial charge on any atom is 0.0687 e. The lowest BCUT2D eigenvalue weighted by molar-refractivity contribution is 0.514. The van der Waals surface area contributed by atoms with E-state index in [1.54, 1.807) is 0 Å². The second-order valence-electron chi connectivity index (χ2n) is 6.33. The predicted octanol–water partition coefficient (Wildman–Crippen LogP) is 3.96. The van der Waals surface area contributed by atoms with Crippen LogP contribution in [0.1, 0.15) is 77.3 Å². The molecule has 0 aliphatic carbocycles. The largest absolute Gasteiger partial charge is 0.272 e. The van der Waals surface area contributed by atoms with Crippen LogP contribution in [-0.4, -0.2) is 9.78 Å². The Bertz CT molecular complexity index is 365. The normalized spacial score (nSPS) is 12.9. The molecule has 0 amide bonds. The van der Waals surface area contributed by atoms with E-state index in [2.05, 4.69) is 60.2 Å². The van der Waals surface area contributed by atoms with E-state index in [4.69, 9.17) is 5.10 Å². The first kappa shape index (κ1) is 13.3. The Hall–Kier alpha value is -0.790. The predicted molar refractivity (Wildman–Crippen MR) is 70.1 cm³/mol. The molecule has 0 spiro atoms. The van der Waals surface area contributed by atoms with Gasteiger partial charge in [0.15, 0.2) is 0 Å². The van der Waals surface area contributed by atoms with Crippen LogP contribution in [0.2, 0.25) is 0 Å². The van der Waals surface area contributed by atoms with Gasteiger partial charge >= 0.3 is 0 Å². The van der Waals surface area contributed by atoms with Crippen molar-refractivity contribution in [3.05, 3.63) is 17.0 Å². The van der Waals surface area contributed by atoms with Crippen molar-refractivity contribution in [2.75, 3.05) is 0 Å². The fourth-order valence-corrected chi connectivity index (χ4v) is 2.45. The summed E-state index contributed by atoms with van der Waals surface area (Å²) in [7, 11) is 2.07. The lowest BCUT2D eigenvalue weighted by Crippen LogP contribution is -2.19. The topological polar surface area (TPSA) is 17.8 Å². The monoisotopic (exact) mass is 222 g/mol. The van der Waals surface area contributed by atoms with E-state index in [1.165, 1.54) is 17.0 Å². The van der Waals surface area contributed by atoms with Crippen molar-refractivity contribution in [1.29, 1.82) is 0 Å². The van der Waals surface area contributed by atoms with Crippen LogP contribution in [0.4, 0.5) is 0 Å². The Balaban J connectivity index is 3.48. The van der Waals surface area contributed by atoms with Crippen LogP contribution in [0.5, 0.6) is 0 Å². The second-order valence-corrected chi connectivity index (χ2v) is 6.33. The van der Waals surface area contributed by atoms with Crippen LogP contribution in [0.15, 0.2) is 0 Å². The first-order valence-corrected chi connectivity index (χ1v) is 6.23. The van der Waals surface area contributed by atoms with E-state index >= 15 is 0 Å². The summed E-state index contributed by atoms with van der Waals surface area (Å²) in [5.41, 5.74) is 4.26. The highest BCUT2D eigenvalue weighted by molar-refractivity contribution is 5.35. The molecule has 0 aliphatic heterocycles. The third-order valence-electron chi connectivity index (χ3n) is 2.95. The highest BCUT2D eigenvalue weighted by Gasteiger charge is 2.28.